The van der Waals surface area contributed by atoms with Crippen molar-refractivity contribution >= 4 is 11.8 Å². The molecule has 0 fully saturated rings. The Labute approximate surface area is 125 Å². The fourth-order valence-corrected chi connectivity index (χ4v) is 2.93. The largest absolute Gasteiger partial charge is 0.313 e. The number of aromatic nitrogens is 2. The number of nitrogens with zero attached hydrogens (tertiary/aromatic N) is 2. The van der Waals surface area contributed by atoms with Crippen LogP contribution in [0, 0.1) is 0 Å². The predicted molar refractivity (Wildman–Crippen MR) is 86.2 cm³/mol. The minimum atomic E-state index is 0.338. The second-order valence-electron chi connectivity index (χ2n) is 4.75. The maximum atomic E-state index is 4.34. The van der Waals surface area contributed by atoms with Crippen LogP contribution in [0.5, 0.6) is 0 Å². The van der Waals surface area contributed by atoms with E-state index in [2.05, 4.69) is 54.7 Å². The topological polar surface area (TPSA) is 29.9 Å². The van der Waals surface area contributed by atoms with Crippen LogP contribution in [0.2, 0.25) is 0 Å². The zero-order valence-corrected chi connectivity index (χ0v) is 13.3. The van der Waals surface area contributed by atoms with Crippen LogP contribution in [0.25, 0.3) is 0 Å². The first kappa shape index (κ1) is 15.1. The Morgan fingerprint density at radius 3 is 2.55 bits per heavy atom. The lowest BCUT2D eigenvalue weighted by Gasteiger charge is -2.16. The molecule has 1 aromatic carbocycles. The average molecular weight is 289 g/mol. The minimum Gasteiger partial charge on any atom is -0.313 e. The minimum absolute atomic E-state index is 0.338. The molecule has 1 atom stereocenters. The van der Waals surface area contributed by atoms with Gasteiger partial charge < -0.3 is 5.32 Å². The summed E-state index contributed by atoms with van der Waals surface area (Å²) in [6, 6.07) is 9.21. The Morgan fingerprint density at radius 1 is 1.25 bits per heavy atom. The molecule has 0 aliphatic heterocycles. The Balaban J connectivity index is 2.07. The highest BCUT2D eigenvalue weighted by Gasteiger charge is 2.11. The summed E-state index contributed by atoms with van der Waals surface area (Å²) in [5, 5.41) is 7.74. The van der Waals surface area contributed by atoms with Crippen molar-refractivity contribution in [1.82, 2.24) is 15.1 Å². The van der Waals surface area contributed by atoms with Crippen LogP contribution in [0.4, 0.5) is 0 Å². The van der Waals surface area contributed by atoms with Crippen LogP contribution >= 0.6 is 11.8 Å². The number of benzene rings is 1. The molecule has 0 bridgehead atoms. The molecule has 1 unspecified atom stereocenters. The van der Waals surface area contributed by atoms with E-state index in [0.29, 0.717) is 6.04 Å². The van der Waals surface area contributed by atoms with Crippen LogP contribution in [0.1, 0.15) is 31.0 Å². The van der Waals surface area contributed by atoms with Gasteiger partial charge in [-0.3, -0.25) is 4.68 Å². The third-order valence-electron chi connectivity index (χ3n) is 3.39. The molecule has 1 heterocycles. The molecule has 0 radical (unpaired) electrons. The maximum Gasteiger partial charge on any atom is 0.0522 e. The van der Waals surface area contributed by atoms with Crippen LogP contribution in [-0.4, -0.2) is 22.6 Å². The Morgan fingerprint density at radius 2 is 2.00 bits per heavy atom. The van der Waals surface area contributed by atoms with E-state index in [9.17, 15) is 0 Å². The van der Waals surface area contributed by atoms with Crippen molar-refractivity contribution in [2.24, 2.45) is 0 Å². The SMILES string of the molecule is CCSc1ccc(C(Cc2cnn(CC)c2)NC)cc1. The van der Waals surface area contributed by atoms with Gasteiger partial charge in [0.15, 0.2) is 0 Å². The summed E-state index contributed by atoms with van der Waals surface area (Å²) >= 11 is 1.88. The van der Waals surface area contributed by atoms with Gasteiger partial charge in [-0.25, -0.2) is 0 Å². The normalized spacial score (nSPS) is 12.6. The zero-order valence-electron chi connectivity index (χ0n) is 12.5. The van der Waals surface area contributed by atoms with Gasteiger partial charge >= 0.3 is 0 Å². The fourth-order valence-electron chi connectivity index (χ4n) is 2.27. The van der Waals surface area contributed by atoms with E-state index < -0.39 is 0 Å². The van der Waals surface area contributed by atoms with Gasteiger partial charge in [0.2, 0.25) is 0 Å². The molecule has 0 saturated carbocycles. The van der Waals surface area contributed by atoms with Gasteiger partial charge in [0, 0.05) is 23.7 Å². The standard InChI is InChI=1S/C16H23N3S/c1-4-19-12-13(11-18-19)10-16(17-3)14-6-8-15(9-7-14)20-5-2/h6-9,11-12,16-17H,4-5,10H2,1-3H3. The van der Waals surface area contributed by atoms with Crippen molar-refractivity contribution in [3.8, 4) is 0 Å². The molecular weight excluding hydrogens is 266 g/mol. The lowest BCUT2D eigenvalue weighted by molar-refractivity contribution is 0.590. The maximum absolute atomic E-state index is 4.34. The highest BCUT2D eigenvalue weighted by molar-refractivity contribution is 7.99. The molecule has 4 heteroatoms. The van der Waals surface area contributed by atoms with Crippen molar-refractivity contribution in [1.29, 1.82) is 0 Å². The smallest absolute Gasteiger partial charge is 0.0522 e. The number of aryl methyl sites for hydroxylation is 1. The highest BCUT2D eigenvalue weighted by atomic mass is 32.2. The summed E-state index contributed by atoms with van der Waals surface area (Å²) in [5.41, 5.74) is 2.61. The Kier molecular flexibility index (Phi) is 5.68. The molecule has 0 saturated heterocycles. The molecule has 3 nitrogen and oxygen atoms in total. The van der Waals surface area contributed by atoms with Crippen molar-refractivity contribution in [2.45, 2.75) is 37.8 Å². The molecule has 2 rings (SSSR count). The number of likely N-dealkylation sites (N-methyl/N-ethyl adjacent to an activating group) is 1. The fraction of sp³-hybridized carbons (Fsp3) is 0.438. The quantitative estimate of drug-likeness (QED) is 0.791. The predicted octanol–water partition coefficient (Wildman–Crippen LogP) is 3.52. The second kappa shape index (κ2) is 7.50. The number of thioether (sulfide) groups is 1. The van der Waals surface area contributed by atoms with Crippen LogP contribution in [0.15, 0.2) is 41.6 Å². The van der Waals surface area contributed by atoms with E-state index in [4.69, 9.17) is 0 Å². The van der Waals surface area contributed by atoms with Gasteiger partial charge in [-0.1, -0.05) is 19.1 Å². The molecule has 20 heavy (non-hydrogen) atoms. The molecule has 0 aliphatic rings. The third kappa shape index (κ3) is 3.87. The van der Waals surface area contributed by atoms with Gasteiger partial charge in [-0.05, 0) is 49.4 Å². The summed E-state index contributed by atoms with van der Waals surface area (Å²) in [4.78, 5) is 1.34. The first-order chi connectivity index (χ1) is 9.76. The monoisotopic (exact) mass is 289 g/mol. The summed E-state index contributed by atoms with van der Waals surface area (Å²) in [6.07, 6.45) is 5.07. The molecule has 0 spiro atoms. The van der Waals surface area contributed by atoms with Crippen LogP contribution in [0.3, 0.4) is 0 Å². The van der Waals surface area contributed by atoms with E-state index in [1.165, 1.54) is 16.0 Å². The van der Waals surface area contributed by atoms with Crippen molar-refractivity contribution < 1.29 is 0 Å². The lowest BCUT2D eigenvalue weighted by atomic mass is 10.0. The Bertz CT molecular complexity index is 519. The first-order valence-corrected chi connectivity index (χ1v) is 8.16. The molecular formula is C16H23N3S. The number of nitrogens with one attached hydrogen (secondary N) is 1. The molecule has 1 N–H and O–H groups in total. The van der Waals surface area contributed by atoms with Gasteiger partial charge in [0.05, 0.1) is 6.20 Å². The van der Waals surface area contributed by atoms with E-state index in [0.717, 1.165) is 18.7 Å². The number of rotatable bonds is 7. The van der Waals surface area contributed by atoms with Gasteiger partial charge in [0.1, 0.15) is 0 Å². The number of hydrogen-bond donors (Lipinski definition) is 1. The van der Waals surface area contributed by atoms with Crippen LogP contribution in [-0.2, 0) is 13.0 Å². The van der Waals surface area contributed by atoms with E-state index in [1.54, 1.807) is 0 Å². The Hall–Kier alpha value is -1.26. The van der Waals surface area contributed by atoms with E-state index in [1.807, 2.05) is 29.7 Å². The van der Waals surface area contributed by atoms with Crippen molar-refractivity contribution in [3.63, 3.8) is 0 Å². The van der Waals surface area contributed by atoms with E-state index >= 15 is 0 Å². The lowest BCUT2D eigenvalue weighted by Crippen LogP contribution is -2.18. The summed E-state index contributed by atoms with van der Waals surface area (Å²) in [5.74, 6) is 1.12. The van der Waals surface area contributed by atoms with Gasteiger partial charge in [-0.2, -0.15) is 5.10 Å². The van der Waals surface area contributed by atoms with Gasteiger partial charge in [-0.15, -0.1) is 11.8 Å². The highest BCUT2D eigenvalue weighted by Crippen LogP contribution is 2.22. The average Bonchev–Trinajstić information content (AvgIpc) is 2.94. The zero-order chi connectivity index (χ0) is 14.4. The molecule has 0 aliphatic carbocycles. The van der Waals surface area contributed by atoms with Crippen molar-refractivity contribution in [2.75, 3.05) is 12.8 Å². The van der Waals surface area contributed by atoms with E-state index in [-0.39, 0.29) is 0 Å². The first-order valence-electron chi connectivity index (χ1n) is 7.18. The summed E-state index contributed by atoms with van der Waals surface area (Å²) in [7, 11) is 2.02. The third-order valence-corrected chi connectivity index (χ3v) is 4.29. The number of hydrogen-bond acceptors (Lipinski definition) is 3. The summed E-state index contributed by atoms with van der Waals surface area (Å²) < 4.78 is 1.98. The molecule has 0 amide bonds. The molecule has 1 aromatic heterocycles. The molecule has 2 aromatic rings. The molecule has 108 valence electrons. The summed E-state index contributed by atoms with van der Waals surface area (Å²) in [6.45, 7) is 5.21. The second-order valence-corrected chi connectivity index (χ2v) is 6.09. The van der Waals surface area contributed by atoms with Crippen molar-refractivity contribution in [3.05, 3.63) is 47.8 Å². The van der Waals surface area contributed by atoms with Crippen LogP contribution < -0.4 is 5.32 Å². The van der Waals surface area contributed by atoms with Gasteiger partial charge in [0.25, 0.3) is 0 Å².